The fourth-order valence-electron chi connectivity index (χ4n) is 4.51. The molecule has 0 aliphatic carbocycles. The third-order valence-corrected chi connectivity index (χ3v) is 6.70. The van der Waals surface area contributed by atoms with Gasteiger partial charge in [-0.1, -0.05) is 12.1 Å². The van der Waals surface area contributed by atoms with Crippen molar-refractivity contribution in [3.63, 3.8) is 0 Å². The van der Waals surface area contributed by atoms with Crippen LogP contribution in [0.2, 0.25) is 0 Å². The van der Waals surface area contributed by atoms with Crippen molar-refractivity contribution in [2.45, 2.75) is 18.4 Å². The zero-order chi connectivity index (χ0) is 29.3. The normalized spacial score (nSPS) is 16.2. The number of hydrogen-bond acceptors (Lipinski definition) is 7. The van der Waals surface area contributed by atoms with Crippen molar-refractivity contribution in [2.75, 3.05) is 23.3 Å². The number of anilines is 2. The molecule has 3 N–H and O–H groups in total. The van der Waals surface area contributed by atoms with Crippen molar-refractivity contribution in [1.29, 1.82) is 5.26 Å². The van der Waals surface area contributed by atoms with Gasteiger partial charge in [-0.2, -0.15) is 15.0 Å². The predicted octanol–water partition coefficient (Wildman–Crippen LogP) is 3.87. The number of nitrogens with two attached hydrogens (primary N) is 1. The summed E-state index contributed by atoms with van der Waals surface area (Å²) in [7, 11) is 0. The summed E-state index contributed by atoms with van der Waals surface area (Å²) >= 11 is 0. The minimum atomic E-state index is -3.07. The van der Waals surface area contributed by atoms with Crippen LogP contribution in [0.15, 0.2) is 71.8 Å². The first-order valence-electron chi connectivity index (χ1n) is 12.3. The zero-order valence-corrected chi connectivity index (χ0v) is 21.2. The van der Waals surface area contributed by atoms with E-state index in [9.17, 15) is 32.4 Å². The van der Waals surface area contributed by atoms with Gasteiger partial charge in [0, 0.05) is 43.5 Å². The molecular weight excluding hydrogens is 542 g/mol. The number of amides is 1. The summed E-state index contributed by atoms with van der Waals surface area (Å²) in [6.07, 6.45) is 2.42. The second-order valence-corrected chi connectivity index (χ2v) is 9.32. The number of nitrogens with one attached hydrogen (secondary N) is 1. The third kappa shape index (κ3) is 5.37. The number of pyridine rings is 1. The molecule has 4 aromatic rings. The van der Waals surface area contributed by atoms with E-state index in [2.05, 4.69) is 21.5 Å². The van der Waals surface area contributed by atoms with Crippen molar-refractivity contribution >= 4 is 17.3 Å². The number of benzene rings is 2. The van der Waals surface area contributed by atoms with Crippen molar-refractivity contribution < 1.29 is 22.4 Å². The molecule has 13 heteroatoms. The zero-order valence-electron chi connectivity index (χ0n) is 21.2. The van der Waals surface area contributed by atoms with Crippen molar-refractivity contribution in [2.24, 2.45) is 5.73 Å². The van der Waals surface area contributed by atoms with E-state index in [-0.39, 0.29) is 24.5 Å². The van der Waals surface area contributed by atoms with Gasteiger partial charge < -0.3 is 16.0 Å². The lowest BCUT2D eigenvalue weighted by molar-refractivity contribution is -0.0393. The van der Waals surface area contributed by atoms with Gasteiger partial charge in [0.25, 0.3) is 17.4 Å². The van der Waals surface area contributed by atoms with Gasteiger partial charge in [-0.25, -0.2) is 17.6 Å². The molecular formula is C28H21F4N7O2. The molecule has 1 atom stereocenters. The number of carbonyl (C=O) groups excluding carboxylic acids is 1. The Balaban J connectivity index is 1.54. The van der Waals surface area contributed by atoms with E-state index in [0.29, 0.717) is 27.1 Å². The molecule has 41 heavy (non-hydrogen) atoms. The van der Waals surface area contributed by atoms with Gasteiger partial charge in [0.15, 0.2) is 11.6 Å². The van der Waals surface area contributed by atoms with E-state index in [1.54, 1.807) is 17.0 Å². The lowest BCUT2D eigenvalue weighted by atomic mass is 9.98. The molecule has 5 rings (SSSR count). The van der Waals surface area contributed by atoms with Crippen LogP contribution in [0.4, 0.5) is 28.9 Å². The van der Waals surface area contributed by atoms with Crippen LogP contribution < -0.4 is 21.5 Å². The van der Waals surface area contributed by atoms with E-state index in [1.807, 2.05) is 0 Å². The maximum atomic E-state index is 14.3. The average molecular weight is 564 g/mol. The van der Waals surface area contributed by atoms with Crippen LogP contribution in [-0.4, -0.2) is 45.7 Å². The number of aromatic nitrogens is 3. The summed E-state index contributed by atoms with van der Waals surface area (Å²) in [5.41, 5.74) is 5.67. The van der Waals surface area contributed by atoms with Crippen molar-refractivity contribution in [3.8, 4) is 22.9 Å². The fourth-order valence-corrected chi connectivity index (χ4v) is 4.51. The van der Waals surface area contributed by atoms with Crippen LogP contribution in [0, 0.1) is 23.0 Å². The summed E-state index contributed by atoms with van der Waals surface area (Å²) < 4.78 is 57.5. The number of piperidine rings is 1. The molecule has 0 spiro atoms. The highest BCUT2D eigenvalue weighted by Crippen LogP contribution is 2.37. The molecule has 1 saturated heterocycles. The van der Waals surface area contributed by atoms with E-state index in [0.717, 1.165) is 30.3 Å². The molecule has 2 aromatic heterocycles. The van der Waals surface area contributed by atoms with Crippen LogP contribution in [-0.2, 0) is 0 Å². The fraction of sp³-hybridized carbons (Fsp3) is 0.179. The van der Waals surface area contributed by atoms with Gasteiger partial charge in [-0.3, -0.25) is 14.6 Å². The lowest BCUT2D eigenvalue weighted by Gasteiger charge is -2.38. The number of halogens is 4. The number of carbonyl (C=O) groups is 1. The SMILES string of the molecule is N#Cc1ccncc1-c1ccc(NC(=O)c2ccc(=O)n(-c3c(F)cccc3F)n2)c(N2CCC(F)(F)C(N)C2)c1. The Hall–Kier alpha value is -5.09. The highest BCUT2D eigenvalue weighted by atomic mass is 19.3. The van der Waals surface area contributed by atoms with Gasteiger partial charge in [-0.15, -0.1) is 0 Å². The monoisotopic (exact) mass is 563 g/mol. The first-order valence-corrected chi connectivity index (χ1v) is 12.3. The highest BCUT2D eigenvalue weighted by Gasteiger charge is 2.42. The number of rotatable bonds is 5. The molecule has 1 aliphatic rings. The largest absolute Gasteiger partial charge is 0.368 e. The predicted molar refractivity (Wildman–Crippen MR) is 142 cm³/mol. The van der Waals surface area contributed by atoms with Gasteiger partial charge in [0.1, 0.15) is 11.4 Å². The summed E-state index contributed by atoms with van der Waals surface area (Å²) in [6, 6.07) is 11.9. The molecule has 3 heterocycles. The maximum Gasteiger partial charge on any atom is 0.276 e. The van der Waals surface area contributed by atoms with Crippen LogP contribution in [0.1, 0.15) is 22.5 Å². The number of nitrogens with zero attached hydrogens (tertiary/aromatic N) is 5. The minimum absolute atomic E-state index is 0.0825. The van der Waals surface area contributed by atoms with Crippen LogP contribution >= 0.6 is 0 Å². The molecule has 2 aromatic carbocycles. The maximum absolute atomic E-state index is 14.3. The molecule has 0 radical (unpaired) electrons. The molecule has 1 amide bonds. The second kappa shape index (κ2) is 10.8. The van der Waals surface area contributed by atoms with E-state index < -0.39 is 47.2 Å². The summed E-state index contributed by atoms with van der Waals surface area (Å²) in [6.45, 7) is -0.311. The van der Waals surface area contributed by atoms with Gasteiger partial charge in [0.2, 0.25) is 0 Å². The molecule has 208 valence electrons. The van der Waals surface area contributed by atoms with E-state index in [1.165, 1.54) is 24.5 Å². The van der Waals surface area contributed by atoms with E-state index in [4.69, 9.17) is 5.73 Å². The van der Waals surface area contributed by atoms with Crippen molar-refractivity contribution in [3.05, 3.63) is 100 Å². The summed E-state index contributed by atoms with van der Waals surface area (Å²) in [5, 5.41) is 16.0. The highest BCUT2D eigenvalue weighted by molar-refractivity contribution is 6.05. The molecule has 9 nitrogen and oxygen atoms in total. The first-order chi connectivity index (χ1) is 19.6. The Labute approximate surface area is 230 Å². The first kappa shape index (κ1) is 27.5. The molecule has 0 saturated carbocycles. The number of hydrogen-bond donors (Lipinski definition) is 2. The smallest absolute Gasteiger partial charge is 0.276 e. The summed E-state index contributed by atoms with van der Waals surface area (Å²) in [5.74, 6) is -6.02. The third-order valence-electron chi connectivity index (χ3n) is 6.70. The Morgan fingerprint density at radius 1 is 1.12 bits per heavy atom. The van der Waals surface area contributed by atoms with E-state index >= 15 is 0 Å². The Kier molecular flexibility index (Phi) is 7.25. The Bertz CT molecular complexity index is 1730. The molecule has 1 unspecified atom stereocenters. The average Bonchev–Trinajstić information content (AvgIpc) is 2.95. The number of nitriles is 1. The number of para-hydroxylation sites is 1. The Morgan fingerprint density at radius 2 is 1.88 bits per heavy atom. The second-order valence-electron chi connectivity index (χ2n) is 9.32. The Morgan fingerprint density at radius 3 is 2.59 bits per heavy atom. The van der Waals surface area contributed by atoms with Gasteiger partial charge in [-0.05, 0) is 42.0 Å². The van der Waals surface area contributed by atoms with Crippen LogP contribution in [0.3, 0.4) is 0 Å². The molecule has 1 fully saturated rings. The summed E-state index contributed by atoms with van der Waals surface area (Å²) in [4.78, 5) is 31.2. The minimum Gasteiger partial charge on any atom is -0.368 e. The topological polar surface area (TPSA) is 130 Å². The van der Waals surface area contributed by atoms with Gasteiger partial charge in [0.05, 0.1) is 29.0 Å². The lowest BCUT2D eigenvalue weighted by Crippen LogP contribution is -2.55. The molecule has 0 bridgehead atoms. The quantitative estimate of drug-likeness (QED) is 0.353. The van der Waals surface area contributed by atoms with Crippen LogP contribution in [0.25, 0.3) is 16.8 Å². The van der Waals surface area contributed by atoms with Gasteiger partial charge >= 0.3 is 0 Å². The van der Waals surface area contributed by atoms with Crippen molar-refractivity contribution in [1.82, 2.24) is 14.8 Å². The molecule has 1 aliphatic heterocycles. The number of alkyl halides is 2. The standard InChI is InChI=1S/C28H21F4N7O2/c29-19-2-1-3-20(30)26(19)39-25(40)7-6-22(37-39)27(41)36-21-5-4-16(18-14-35-10-8-17(18)13-33)12-23(21)38-11-9-28(31,32)24(34)15-38/h1-8,10,12,14,24H,9,11,15,34H2,(H,36,41). The van der Waals surface area contributed by atoms with Crippen LogP contribution in [0.5, 0.6) is 0 Å².